The Balaban J connectivity index is 1.83. The topological polar surface area (TPSA) is 97.1 Å². The third-order valence-corrected chi connectivity index (χ3v) is 5.48. The molecule has 3 aromatic carbocycles. The van der Waals surface area contributed by atoms with Gasteiger partial charge >= 0.3 is 7.82 Å². The average Bonchev–Trinajstić information content (AvgIpc) is 2.78. The summed E-state index contributed by atoms with van der Waals surface area (Å²) in [7, 11) is -2.62. The summed E-state index contributed by atoms with van der Waals surface area (Å²) < 4.78 is 35.5. The zero-order chi connectivity index (χ0) is 21.4. The normalized spacial score (nSPS) is 12.7. The first-order valence-electron chi connectivity index (χ1n) is 9.14. The molecule has 1 amide bonds. The number of phosphoric acid groups is 1. The predicted octanol–water partition coefficient (Wildman–Crippen LogP) is 4.71. The lowest BCUT2D eigenvalue weighted by Gasteiger charge is -2.20. The number of phosphoric ester groups is 1. The van der Waals surface area contributed by atoms with Crippen LogP contribution in [0.4, 0.5) is 0 Å². The second-order valence-corrected chi connectivity index (χ2v) is 7.84. The van der Waals surface area contributed by atoms with E-state index in [1.54, 1.807) is 48.5 Å². The number of carbonyl (C=O) groups is 1. The van der Waals surface area contributed by atoms with Crippen LogP contribution in [0.2, 0.25) is 0 Å². The number of ether oxygens (including phenoxy) is 1. The summed E-state index contributed by atoms with van der Waals surface area (Å²) in [6.07, 6.45) is 0. The summed E-state index contributed by atoms with van der Waals surface area (Å²) in [5.41, 5.74) is 6.94. The highest BCUT2D eigenvalue weighted by Crippen LogP contribution is 2.52. The smallest absolute Gasteiger partial charge is 0.493 e. The summed E-state index contributed by atoms with van der Waals surface area (Å²) in [6, 6.07) is 22.6. The molecule has 7 nitrogen and oxygen atoms in total. The van der Waals surface area contributed by atoms with E-state index in [0.717, 1.165) is 5.56 Å². The predicted molar refractivity (Wildman–Crippen MR) is 112 cm³/mol. The third-order valence-electron chi connectivity index (χ3n) is 4.17. The molecule has 0 heterocycles. The number of methoxy groups -OCH3 is 1. The molecule has 0 fully saturated rings. The van der Waals surface area contributed by atoms with Crippen LogP contribution in [0.1, 0.15) is 21.5 Å². The Bertz CT molecular complexity index is 1040. The van der Waals surface area contributed by atoms with Gasteiger partial charge in [-0.2, -0.15) is 0 Å². The van der Waals surface area contributed by atoms with E-state index in [1.165, 1.54) is 7.11 Å². The first-order valence-corrected chi connectivity index (χ1v) is 10.6. The molecule has 2 N–H and O–H groups in total. The fourth-order valence-corrected chi connectivity index (χ4v) is 3.84. The summed E-state index contributed by atoms with van der Waals surface area (Å²) in [4.78, 5) is 11.7. The van der Waals surface area contributed by atoms with E-state index in [9.17, 15) is 9.36 Å². The van der Waals surface area contributed by atoms with Crippen molar-refractivity contribution < 1.29 is 27.7 Å². The van der Waals surface area contributed by atoms with Gasteiger partial charge in [-0.3, -0.25) is 13.8 Å². The molecule has 0 saturated carbocycles. The van der Waals surface area contributed by atoms with E-state index in [2.05, 4.69) is 0 Å². The number of primary amides is 1. The van der Waals surface area contributed by atoms with Crippen LogP contribution < -0.4 is 15.0 Å². The lowest BCUT2D eigenvalue weighted by Crippen LogP contribution is -2.14. The van der Waals surface area contributed by atoms with Crippen molar-refractivity contribution >= 4 is 13.7 Å². The molecule has 0 aliphatic carbocycles. The van der Waals surface area contributed by atoms with Crippen molar-refractivity contribution in [1.82, 2.24) is 0 Å². The number of amides is 1. The van der Waals surface area contributed by atoms with Gasteiger partial charge in [0.05, 0.1) is 20.3 Å². The van der Waals surface area contributed by atoms with Gasteiger partial charge in [0.15, 0.2) is 11.5 Å². The number of para-hydroxylation sites is 2. The molecule has 3 rings (SSSR count). The first kappa shape index (κ1) is 21.6. The number of hydrogen-bond acceptors (Lipinski definition) is 6. The minimum absolute atomic E-state index is 0.00470. The van der Waals surface area contributed by atoms with Gasteiger partial charge in [0.25, 0.3) is 0 Å². The van der Waals surface area contributed by atoms with Crippen molar-refractivity contribution in [2.45, 2.75) is 13.2 Å². The summed E-state index contributed by atoms with van der Waals surface area (Å²) in [5.74, 6) is -0.0263. The highest BCUT2D eigenvalue weighted by molar-refractivity contribution is 7.48. The monoisotopic (exact) mass is 427 g/mol. The van der Waals surface area contributed by atoms with Gasteiger partial charge in [-0.15, -0.1) is 0 Å². The number of hydrogen-bond donors (Lipinski definition) is 1. The quantitative estimate of drug-likeness (QED) is 0.471. The fraction of sp³-hybridized carbons (Fsp3) is 0.136. The van der Waals surface area contributed by atoms with E-state index < -0.39 is 13.7 Å². The van der Waals surface area contributed by atoms with Crippen LogP contribution in [-0.4, -0.2) is 13.0 Å². The lowest BCUT2D eigenvalue weighted by molar-refractivity contribution is 0.0994. The standard InChI is InChI=1S/C22H22NO6P/c1-26-20-13-7-8-14-21(20)29-30(25,27-15-17-9-3-2-4-10-17)28-16-18-11-5-6-12-19(18)22(23)24/h2-14H,15-16H2,1H3,(H2,23,24). The fourth-order valence-electron chi connectivity index (χ4n) is 2.67. The molecule has 0 saturated heterocycles. The first-order chi connectivity index (χ1) is 14.5. The summed E-state index contributed by atoms with van der Waals surface area (Å²) in [6.45, 7) is -0.189. The molecule has 0 aliphatic heterocycles. The zero-order valence-corrected chi connectivity index (χ0v) is 17.3. The Kier molecular flexibility index (Phi) is 7.25. The molecule has 1 atom stereocenters. The van der Waals surface area contributed by atoms with Crippen LogP contribution in [0.3, 0.4) is 0 Å². The Hall–Kier alpha value is -3.12. The van der Waals surface area contributed by atoms with E-state index in [-0.39, 0.29) is 24.5 Å². The van der Waals surface area contributed by atoms with Gasteiger partial charge in [-0.05, 0) is 29.3 Å². The van der Waals surface area contributed by atoms with Crippen LogP contribution in [0.15, 0.2) is 78.9 Å². The second-order valence-electron chi connectivity index (χ2n) is 6.24. The highest BCUT2D eigenvalue weighted by atomic mass is 31.2. The number of benzene rings is 3. The summed E-state index contributed by atoms with van der Waals surface area (Å²) in [5, 5.41) is 0. The maximum Gasteiger partial charge on any atom is 0.530 e. The number of carbonyl (C=O) groups excluding carboxylic acids is 1. The van der Waals surface area contributed by atoms with E-state index in [1.807, 2.05) is 30.3 Å². The molecular formula is C22H22NO6P. The van der Waals surface area contributed by atoms with Crippen LogP contribution in [0, 0.1) is 0 Å². The van der Waals surface area contributed by atoms with Crippen molar-refractivity contribution in [3.63, 3.8) is 0 Å². The van der Waals surface area contributed by atoms with E-state index >= 15 is 0 Å². The van der Waals surface area contributed by atoms with Gasteiger partial charge in [0.2, 0.25) is 5.91 Å². The average molecular weight is 427 g/mol. The molecule has 0 radical (unpaired) electrons. The third kappa shape index (κ3) is 5.70. The Morgan fingerprint density at radius 2 is 1.43 bits per heavy atom. The maximum absolute atomic E-state index is 13.4. The SMILES string of the molecule is COc1ccccc1OP(=O)(OCc1ccccc1)OCc1ccccc1C(N)=O. The Morgan fingerprint density at radius 3 is 2.13 bits per heavy atom. The highest BCUT2D eigenvalue weighted by Gasteiger charge is 2.31. The van der Waals surface area contributed by atoms with Gasteiger partial charge < -0.3 is 15.0 Å². The summed E-state index contributed by atoms with van der Waals surface area (Å²) >= 11 is 0. The van der Waals surface area contributed by atoms with Gasteiger partial charge in [-0.25, -0.2) is 4.57 Å². The van der Waals surface area contributed by atoms with E-state index in [4.69, 9.17) is 24.0 Å². The Morgan fingerprint density at radius 1 is 0.833 bits per heavy atom. The maximum atomic E-state index is 13.4. The van der Waals surface area contributed by atoms with Crippen molar-refractivity contribution in [1.29, 1.82) is 0 Å². The van der Waals surface area contributed by atoms with Crippen LogP contribution >= 0.6 is 7.82 Å². The Labute approximate surface area is 175 Å². The molecule has 8 heteroatoms. The van der Waals surface area contributed by atoms with Crippen molar-refractivity contribution in [2.75, 3.05) is 7.11 Å². The van der Waals surface area contributed by atoms with Crippen molar-refractivity contribution in [2.24, 2.45) is 5.73 Å². The van der Waals surface area contributed by atoms with Crippen molar-refractivity contribution in [3.8, 4) is 11.5 Å². The lowest BCUT2D eigenvalue weighted by atomic mass is 10.1. The van der Waals surface area contributed by atoms with Crippen LogP contribution in [0.25, 0.3) is 0 Å². The number of rotatable bonds is 10. The molecule has 30 heavy (non-hydrogen) atoms. The molecular weight excluding hydrogens is 405 g/mol. The van der Waals surface area contributed by atoms with Crippen molar-refractivity contribution in [3.05, 3.63) is 95.6 Å². The van der Waals surface area contributed by atoms with Gasteiger partial charge in [0.1, 0.15) is 0 Å². The van der Waals surface area contributed by atoms with Crippen LogP contribution in [0.5, 0.6) is 11.5 Å². The number of nitrogens with two attached hydrogens (primary N) is 1. The molecule has 0 aromatic heterocycles. The molecule has 0 bridgehead atoms. The molecule has 0 aliphatic rings. The molecule has 3 aromatic rings. The van der Waals surface area contributed by atoms with Gasteiger partial charge in [0, 0.05) is 5.56 Å². The second kappa shape index (κ2) is 10.1. The van der Waals surface area contributed by atoms with E-state index in [0.29, 0.717) is 11.3 Å². The van der Waals surface area contributed by atoms with Crippen LogP contribution in [-0.2, 0) is 26.8 Å². The largest absolute Gasteiger partial charge is 0.530 e. The minimum Gasteiger partial charge on any atom is -0.493 e. The van der Waals surface area contributed by atoms with Gasteiger partial charge in [-0.1, -0.05) is 60.7 Å². The molecule has 0 spiro atoms. The minimum atomic E-state index is -4.09. The molecule has 1 unspecified atom stereocenters. The molecule has 156 valence electrons. The zero-order valence-electron chi connectivity index (χ0n) is 16.4.